The highest BCUT2D eigenvalue weighted by atomic mass is 35.5. The van der Waals surface area contributed by atoms with Gasteiger partial charge in [-0.25, -0.2) is 0 Å². The van der Waals surface area contributed by atoms with Crippen molar-refractivity contribution >= 4 is 11.6 Å². The minimum Gasteiger partial charge on any atom is -0.308 e. The van der Waals surface area contributed by atoms with E-state index in [-0.39, 0.29) is 0 Å². The highest BCUT2D eigenvalue weighted by Gasteiger charge is 2.20. The Morgan fingerprint density at radius 3 is 2.85 bits per heavy atom. The summed E-state index contributed by atoms with van der Waals surface area (Å²) >= 11 is 6.36. The second kappa shape index (κ2) is 5.58. The molecule has 1 saturated carbocycles. The Hall–Kier alpha value is -1.33. The van der Waals surface area contributed by atoms with Crippen LogP contribution in [0.5, 0.6) is 0 Å². The first kappa shape index (κ1) is 13.6. The average molecular weight is 294 g/mol. The highest BCUT2D eigenvalue weighted by molar-refractivity contribution is 6.31. The van der Waals surface area contributed by atoms with Crippen LogP contribution in [0.3, 0.4) is 0 Å². The molecule has 1 N–H and O–H groups in total. The van der Waals surface area contributed by atoms with Crippen molar-refractivity contribution in [3.63, 3.8) is 0 Å². The number of nitrogens with zero attached hydrogens (tertiary/aromatic N) is 4. The Bertz CT molecular complexity index is 597. The summed E-state index contributed by atoms with van der Waals surface area (Å²) < 4.78 is 3.78. The maximum atomic E-state index is 6.36. The Labute approximate surface area is 123 Å². The van der Waals surface area contributed by atoms with E-state index >= 15 is 0 Å². The van der Waals surface area contributed by atoms with E-state index in [1.807, 2.05) is 22.6 Å². The van der Waals surface area contributed by atoms with Gasteiger partial charge in [0.15, 0.2) is 0 Å². The van der Waals surface area contributed by atoms with E-state index in [0.29, 0.717) is 12.6 Å². The topological polar surface area (TPSA) is 47.7 Å². The van der Waals surface area contributed by atoms with Gasteiger partial charge in [-0.3, -0.25) is 9.36 Å². The average Bonchev–Trinajstić information content (AvgIpc) is 3.11. The number of hydrogen-bond acceptors (Lipinski definition) is 3. The van der Waals surface area contributed by atoms with Crippen LogP contribution in [0.15, 0.2) is 12.3 Å². The molecule has 3 rings (SSSR count). The number of aryl methyl sites for hydroxylation is 2. The summed E-state index contributed by atoms with van der Waals surface area (Å²) in [6, 6.07) is 2.76. The fraction of sp³-hybridized carbons (Fsp3) is 0.571. The number of hydrogen-bond donors (Lipinski definition) is 1. The summed E-state index contributed by atoms with van der Waals surface area (Å²) in [6.07, 6.45) is 5.44. The SMILES string of the molecule is CCc1nn(C)c(Cn2ccc(CNC3CC3)n2)c1Cl. The molecule has 0 amide bonds. The Balaban J connectivity index is 1.69. The van der Waals surface area contributed by atoms with Crippen LogP contribution in [-0.4, -0.2) is 25.6 Å². The van der Waals surface area contributed by atoms with Crippen LogP contribution in [0.1, 0.15) is 36.8 Å². The summed E-state index contributed by atoms with van der Waals surface area (Å²) in [5.74, 6) is 0. The minimum atomic E-state index is 0.658. The molecule has 0 aromatic carbocycles. The first-order chi connectivity index (χ1) is 9.67. The molecular weight excluding hydrogens is 274 g/mol. The van der Waals surface area contributed by atoms with E-state index in [4.69, 9.17) is 11.6 Å². The first-order valence-electron chi connectivity index (χ1n) is 7.13. The lowest BCUT2D eigenvalue weighted by molar-refractivity contribution is 0.598. The second-order valence-corrected chi connectivity index (χ2v) is 5.72. The van der Waals surface area contributed by atoms with Crippen molar-refractivity contribution in [2.75, 3.05) is 0 Å². The zero-order chi connectivity index (χ0) is 14.1. The highest BCUT2D eigenvalue weighted by Crippen LogP contribution is 2.22. The molecule has 2 aromatic rings. The molecule has 0 saturated heterocycles. The van der Waals surface area contributed by atoms with Gasteiger partial charge in [0.2, 0.25) is 0 Å². The number of aromatic nitrogens is 4. The quantitative estimate of drug-likeness (QED) is 0.887. The molecular formula is C14H20ClN5. The van der Waals surface area contributed by atoms with Gasteiger partial charge in [0.1, 0.15) is 0 Å². The molecule has 0 unspecified atom stereocenters. The van der Waals surface area contributed by atoms with Crippen molar-refractivity contribution in [1.29, 1.82) is 0 Å². The lowest BCUT2D eigenvalue weighted by Crippen LogP contribution is -2.16. The van der Waals surface area contributed by atoms with Crippen molar-refractivity contribution in [2.45, 2.75) is 45.3 Å². The van der Waals surface area contributed by atoms with Gasteiger partial charge < -0.3 is 5.32 Å². The molecule has 0 bridgehead atoms. The van der Waals surface area contributed by atoms with Gasteiger partial charge in [-0.1, -0.05) is 18.5 Å². The molecule has 108 valence electrons. The molecule has 2 aromatic heterocycles. The van der Waals surface area contributed by atoms with E-state index < -0.39 is 0 Å². The third kappa shape index (κ3) is 2.88. The maximum absolute atomic E-state index is 6.36. The molecule has 6 heteroatoms. The number of nitrogens with one attached hydrogen (secondary N) is 1. The second-order valence-electron chi connectivity index (χ2n) is 5.34. The summed E-state index contributed by atoms with van der Waals surface area (Å²) in [6.45, 7) is 3.57. The molecule has 0 atom stereocenters. The van der Waals surface area contributed by atoms with Gasteiger partial charge in [-0.15, -0.1) is 0 Å². The lowest BCUT2D eigenvalue weighted by atomic mass is 10.3. The molecule has 1 fully saturated rings. The molecule has 20 heavy (non-hydrogen) atoms. The summed E-state index contributed by atoms with van der Waals surface area (Å²) in [5.41, 5.74) is 3.03. The predicted octanol–water partition coefficient (Wildman–Crippen LogP) is 2.13. The molecule has 5 nitrogen and oxygen atoms in total. The molecule has 0 aliphatic heterocycles. The van der Waals surface area contributed by atoms with E-state index in [1.165, 1.54) is 12.8 Å². The molecule has 1 aliphatic rings. The van der Waals surface area contributed by atoms with Crippen LogP contribution in [0.2, 0.25) is 5.02 Å². The molecule has 2 heterocycles. The Kier molecular flexibility index (Phi) is 3.81. The predicted molar refractivity (Wildman–Crippen MR) is 78.8 cm³/mol. The van der Waals surface area contributed by atoms with Crippen LogP contribution in [0.25, 0.3) is 0 Å². The van der Waals surface area contributed by atoms with Gasteiger partial charge in [0.05, 0.1) is 28.6 Å². The van der Waals surface area contributed by atoms with Crippen LogP contribution in [-0.2, 0) is 26.6 Å². The lowest BCUT2D eigenvalue weighted by Gasteiger charge is -2.03. The first-order valence-corrected chi connectivity index (χ1v) is 7.51. The normalized spacial score (nSPS) is 14.9. The van der Waals surface area contributed by atoms with Crippen LogP contribution >= 0.6 is 11.6 Å². The van der Waals surface area contributed by atoms with Crippen molar-refractivity contribution in [3.05, 3.63) is 34.4 Å². The van der Waals surface area contributed by atoms with E-state index in [2.05, 4.69) is 28.5 Å². The Morgan fingerprint density at radius 2 is 2.20 bits per heavy atom. The fourth-order valence-electron chi connectivity index (χ4n) is 2.27. The van der Waals surface area contributed by atoms with Gasteiger partial charge in [-0.05, 0) is 25.3 Å². The van der Waals surface area contributed by atoms with Crippen molar-refractivity contribution in [2.24, 2.45) is 7.05 Å². The zero-order valence-corrected chi connectivity index (χ0v) is 12.7. The third-order valence-corrected chi connectivity index (χ3v) is 4.10. The number of rotatable bonds is 6. The van der Waals surface area contributed by atoms with Crippen LogP contribution < -0.4 is 5.32 Å². The van der Waals surface area contributed by atoms with Gasteiger partial charge >= 0.3 is 0 Å². The van der Waals surface area contributed by atoms with E-state index in [0.717, 1.165) is 35.1 Å². The van der Waals surface area contributed by atoms with Crippen LogP contribution in [0.4, 0.5) is 0 Å². The van der Waals surface area contributed by atoms with Gasteiger partial charge in [-0.2, -0.15) is 10.2 Å². The van der Waals surface area contributed by atoms with Crippen LogP contribution in [0, 0.1) is 0 Å². The van der Waals surface area contributed by atoms with Crippen molar-refractivity contribution < 1.29 is 0 Å². The maximum Gasteiger partial charge on any atom is 0.0869 e. The van der Waals surface area contributed by atoms with Crippen molar-refractivity contribution in [3.8, 4) is 0 Å². The fourth-order valence-corrected chi connectivity index (χ4v) is 2.62. The van der Waals surface area contributed by atoms with Gasteiger partial charge in [0.25, 0.3) is 0 Å². The summed E-state index contributed by atoms with van der Waals surface area (Å²) in [7, 11) is 1.93. The smallest absolute Gasteiger partial charge is 0.0869 e. The molecule has 1 aliphatic carbocycles. The zero-order valence-electron chi connectivity index (χ0n) is 11.9. The monoisotopic (exact) mass is 293 g/mol. The minimum absolute atomic E-state index is 0.658. The van der Waals surface area contributed by atoms with E-state index in [9.17, 15) is 0 Å². The third-order valence-electron chi connectivity index (χ3n) is 3.66. The standard InChI is InChI=1S/C14H20ClN5/c1-3-12-14(15)13(19(2)18-12)9-20-7-6-11(17-20)8-16-10-4-5-10/h6-7,10,16H,3-5,8-9H2,1-2H3. The number of halogens is 1. The molecule has 0 radical (unpaired) electrons. The summed E-state index contributed by atoms with van der Waals surface area (Å²) in [5, 5.41) is 13.2. The molecule has 0 spiro atoms. The van der Waals surface area contributed by atoms with Crippen molar-refractivity contribution in [1.82, 2.24) is 24.9 Å². The summed E-state index contributed by atoms with van der Waals surface area (Å²) in [4.78, 5) is 0. The Morgan fingerprint density at radius 1 is 1.40 bits per heavy atom. The van der Waals surface area contributed by atoms with E-state index in [1.54, 1.807) is 0 Å². The largest absolute Gasteiger partial charge is 0.308 e. The van der Waals surface area contributed by atoms with Gasteiger partial charge in [0, 0.05) is 25.8 Å².